The van der Waals surface area contributed by atoms with E-state index in [1.54, 1.807) is 32.9 Å². The SMILES string of the molecule is COc1ccccc1S(=O)(=O)CC(=O)OC(C)(C)C. The fourth-order valence-electron chi connectivity index (χ4n) is 1.48. The highest BCUT2D eigenvalue weighted by atomic mass is 32.2. The van der Waals surface area contributed by atoms with Gasteiger partial charge in [-0.25, -0.2) is 8.42 Å². The van der Waals surface area contributed by atoms with Crippen molar-refractivity contribution in [1.29, 1.82) is 0 Å². The molecule has 0 radical (unpaired) electrons. The number of ether oxygens (including phenoxy) is 2. The molecule has 0 atom stereocenters. The Morgan fingerprint density at radius 1 is 1.21 bits per heavy atom. The summed E-state index contributed by atoms with van der Waals surface area (Å²) in [6.45, 7) is 5.04. The van der Waals surface area contributed by atoms with Gasteiger partial charge in [-0.15, -0.1) is 0 Å². The molecule has 1 aromatic rings. The number of hydrogen-bond donors (Lipinski definition) is 0. The van der Waals surface area contributed by atoms with Gasteiger partial charge in [0.2, 0.25) is 0 Å². The molecule has 0 aliphatic rings. The number of carbonyl (C=O) groups is 1. The number of carbonyl (C=O) groups excluding carboxylic acids is 1. The van der Waals surface area contributed by atoms with Crippen molar-refractivity contribution >= 4 is 15.8 Å². The summed E-state index contributed by atoms with van der Waals surface area (Å²) < 4.78 is 34.2. The summed E-state index contributed by atoms with van der Waals surface area (Å²) in [6, 6.07) is 6.16. The lowest BCUT2D eigenvalue weighted by Crippen LogP contribution is -2.28. The molecule has 106 valence electrons. The van der Waals surface area contributed by atoms with Crippen LogP contribution in [0.4, 0.5) is 0 Å². The Hall–Kier alpha value is -1.56. The molecule has 0 unspecified atom stereocenters. The summed E-state index contributed by atoms with van der Waals surface area (Å²) in [6.07, 6.45) is 0. The van der Waals surface area contributed by atoms with Gasteiger partial charge in [-0.3, -0.25) is 4.79 Å². The summed E-state index contributed by atoms with van der Waals surface area (Å²) in [5.41, 5.74) is -0.715. The Kier molecular flexibility index (Phi) is 4.57. The lowest BCUT2D eigenvalue weighted by molar-refractivity contribution is -0.151. The predicted molar refractivity (Wildman–Crippen MR) is 70.9 cm³/mol. The Bertz CT molecular complexity index is 555. The fraction of sp³-hybridized carbons (Fsp3) is 0.462. The van der Waals surface area contributed by atoms with Crippen molar-refractivity contribution in [3.8, 4) is 5.75 Å². The zero-order valence-electron chi connectivity index (χ0n) is 11.5. The van der Waals surface area contributed by atoms with Crippen LogP contribution in [0.3, 0.4) is 0 Å². The maximum atomic E-state index is 12.1. The zero-order chi connectivity index (χ0) is 14.7. The first-order valence-corrected chi connectivity index (χ1v) is 7.38. The topological polar surface area (TPSA) is 69.7 Å². The third-order valence-electron chi connectivity index (χ3n) is 2.13. The van der Waals surface area contributed by atoms with Crippen LogP contribution in [0, 0.1) is 0 Å². The van der Waals surface area contributed by atoms with Gasteiger partial charge in [0.25, 0.3) is 0 Å². The number of hydrogen-bond acceptors (Lipinski definition) is 5. The highest BCUT2D eigenvalue weighted by Crippen LogP contribution is 2.24. The summed E-state index contributed by atoms with van der Waals surface area (Å²) >= 11 is 0. The molecule has 0 saturated carbocycles. The minimum absolute atomic E-state index is 0.0108. The van der Waals surface area contributed by atoms with Gasteiger partial charge in [0.15, 0.2) is 15.6 Å². The first kappa shape index (κ1) is 15.5. The number of para-hydroxylation sites is 1. The Morgan fingerprint density at radius 2 is 1.79 bits per heavy atom. The van der Waals surface area contributed by atoms with Gasteiger partial charge in [0.05, 0.1) is 7.11 Å². The van der Waals surface area contributed by atoms with E-state index in [0.717, 1.165) is 0 Å². The van der Waals surface area contributed by atoms with E-state index in [0.29, 0.717) is 0 Å². The smallest absolute Gasteiger partial charge is 0.322 e. The molecule has 0 aliphatic carbocycles. The van der Waals surface area contributed by atoms with E-state index in [-0.39, 0.29) is 10.6 Å². The molecule has 1 aromatic carbocycles. The first-order chi connectivity index (χ1) is 8.65. The molecule has 0 aromatic heterocycles. The van der Waals surface area contributed by atoms with Crippen LogP contribution in [-0.2, 0) is 19.4 Å². The van der Waals surface area contributed by atoms with Gasteiger partial charge in [0.1, 0.15) is 16.2 Å². The van der Waals surface area contributed by atoms with Crippen molar-refractivity contribution in [2.24, 2.45) is 0 Å². The van der Waals surface area contributed by atoms with Crippen LogP contribution in [0.2, 0.25) is 0 Å². The average Bonchev–Trinajstić information content (AvgIpc) is 2.25. The van der Waals surface area contributed by atoms with Gasteiger partial charge in [-0.05, 0) is 32.9 Å². The average molecular weight is 286 g/mol. The van der Waals surface area contributed by atoms with Crippen molar-refractivity contribution in [2.75, 3.05) is 12.9 Å². The highest BCUT2D eigenvalue weighted by Gasteiger charge is 2.26. The van der Waals surface area contributed by atoms with E-state index in [1.807, 2.05) is 0 Å². The molecule has 0 spiro atoms. The number of benzene rings is 1. The summed E-state index contributed by atoms with van der Waals surface area (Å²) in [4.78, 5) is 11.6. The second-order valence-electron chi connectivity index (χ2n) is 5.00. The minimum atomic E-state index is -3.77. The molecule has 0 heterocycles. The molecule has 0 amide bonds. The number of sulfone groups is 1. The zero-order valence-corrected chi connectivity index (χ0v) is 12.3. The third-order valence-corrected chi connectivity index (χ3v) is 3.76. The number of methoxy groups -OCH3 is 1. The molecule has 5 nitrogen and oxygen atoms in total. The van der Waals surface area contributed by atoms with E-state index in [1.165, 1.54) is 19.2 Å². The van der Waals surface area contributed by atoms with Crippen molar-refractivity contribution in [3.63, 3.8) is 0 Å². The van der Waals surface area contributed by atoms with Crippen LogP contribution in [0.15, 0.2) is 29.2 Å². The summed E-state index contributed by atoms with van der Waals surface area (Å²) in [5, 5.41) is 0. The van der Waals surface area contributed by atoms with Crippen LogP contribution in [-0.4, -0.2) is 32.9 Å². The Morgan fingerprint density at radius 3 is 2.32 bits per heavy atom. The second-order valence-corrected chi connectivity index (χ2v) is 6.95. The lowest BCUT2D eigenvalue weighted by atomic mass is 10.2. The summed E-state index contributed by atoms with van der Waals surface area (Å²) in [5.74, 6) is -1.27. The molecule has 1 rings (SSSR count). The van der Waals surface area contributed by atoms with Crippen molar-refractivity contribution < 1.29 is 22.7 Å². The molecular weight excluding hydrogens is 268 g/mol. The highest BCUT2D eigenvalue weighted by molar-refractivity contribution is 7.92. The molecule has 0 bridgehead atoms. The van der Waals surface area contributed by atoms with Gasteiger partial charge in [-0.2, -0.15) is 0 Å². The summed E-state index contributed by atoms with van der Waals surface area (Å²) in [7, 11) is -2.40. The first-order valence-electron chi connectivity index (χ1n) is 5.73. The van der Waals surface area contributed by atoms with Gasteiger partial charge in [-0.1, -0.05) is 12.1 Å². The maximum Gasteiger partial charge on any atom is 0.322 e. The van der Waals surface area contributed by atoms with Gasteiger partial charge < -0.3 is 9.47 Å². The standard InChI is InChI=1S/C13H18O5S/c1-13(2,3)18-12(14)9-19(15,16)11-8-6-5-7-10(11)17-4/h5-8H,9H2,1-4H3. The normalized spacial score (nSPS) is 12.0. The molecule has 6 heteroatoms. The quantitative estimate of drug-likeness (QED) is 0.789. The monoisotopic (exact) mass is 286 g/mol. The molecular formula is C13H18O5S. The van der Waals surface area contributed by atoms with Crippen molar-refractivity contribution in [1.82, 2.24) is 0 Å². The van der Waals surface area contributed by atoms with Crippen LogP contribution < -0.4 is 4.74 Å². The molecule has 0 saturated heterocycles. The van der Waals surface area contributed by atoms with E-state index in [2.05, 4.69) is 0 Å². The van der Waals surface area contributed by atoms with Crippen molar-refractivity contribution in [2.45, 2.75) is 31.3 Å². The van der Waals surface area contributed by atoms with Crippen LogP contribution in [0.5, 0.6) is 5.75 Å². The van der Waals surface area contributed by atoms with Crippen LogP contribution in [0.25, 0.3) is 0 Å². The third kappa shape index (κ3) is 4.55. The fourth-order valence-corrected chi connectivity index (χ4v) is 2.75. The van der Waals surface area contributed by atoms with Crippen LogP contribution in [0.1, 0.15) is 20.8 Å². The lowest BCUT2D eigenvalue weighted by Gasteiger charge is -2.19. The van der Waals surface area contributed by atoms with Crippen molar-refractivity contribution in [3.05, 3.63) is 24.3 Å². The molecule has 0 fully saturated rings. The number of esters is 1. The molecule has 0 N–H and O–H groups in total. The molecule has 0 aliphatic heterocycles. The maximum absolute atomic E-state index is 12.1. The molecule has 19 heavy (non-hydrogen) atoms. The van der Waals surface area contributed by atoms with Gasteiger partial charge >= 0.3 is 5.97 Å². The predicted octanol–water partition coefficient (Wildman–Crippen LogP) is 1.81. The largest absolute Gasteiger partial charge is 0.495 e. The van der Waals surface area contributed by atoms with E-state index < -0.39 is 27.2 Å². The second kappa shape index (κ2) is 5.61. The number of rotatable bonds is 4. The Labute approximate surface area is 113 Å². The Balaban J connectivity index is 2.96. The minimum Gasteiger partial charge on any atom is -0.495 e. The van der Waals surface area contributed by atoms with Crippen LogP contribution >= 0.6 is 0 Å². The van der Waals surface area contributed by atoms with E-state index in [4.69, 9.17) is 9.47 Å². The van der Waals surface area contributed by atoms with Gasteiger partial charge in [0, 0.05) is 0 Å². The van der Waals surface area contributed by atoms with E-state index in [9.17, 15) is 13.2 Å². The van der Waals surface area contributed by atoms with E-state index >= 15 is 0 Å².